The van der Waals surface area contributed by atoms with Crippen molar-refractivity contribution in [3.05, 3.63) is 36.2 Å². The number of benzene rings is 1. The zero-order valence-electron chi connectivity index (χ0n) is 12.3. The van der Waals surface area contributed by atoms with Crippen molar-refractivity contribution >= 4 is 17.3 Å². The van der Waals surface area contributed by atoms with Crippen LogP contribution in [0, 0.1) is 0 Å². The third-order valence-corrected chi connectivity index (χ3v) is 3.10. The highest BCUT2D eigenvalue weighted by Crippen LogP contribution is 2.26. The van der Waals surface area contributed by atoms with Crippen molar-refractivity contribution in [3.8, 4) is 11.5 Å². The number of ether oxygens (including phenoxy) is 2. The fourth-order valence-corrected chi connectivity index (χ4v) is 2.06. The lowest BCUT2D eigenvalue weighted by Crippen LogP contribution is -2.16. The van der Waals surface area contributed by atoms with E-state index in [0.29, 0.717) is 35.1 Å². The Balaban J connectivity index is 2.26. The van der Waals surface area contributed by atoms with Gasteiger partial charge in [0.15, 0.2) is 0 Å². The van der Waals surface area contributed by atoms with Gasteiger partial charge in [-0.3, -0.25) is 4.79 Å². The van der Waals surface area contributed by atoms with Crippen molar-refractivity contribution in [1.29, 1.82) is 0 Å². The molecule has 21 heavy (non-hydrogen) atoms. The molecule has 0 unspecified atom stereocenters. The lowest BCUT2D eigenvalue weighted by atomic mass is 10.2. The van der Waals surface area contributed by atoms with Gasteiger partial charge in [-0.2, -0.15) is 0 Å². The quantitative estimate of drug-likeness (QED) is 0.885. The molecule has 0 atom stereocenters. The summed E-state index contributed by atoms with van der Waals surface area (Å²) in [5.41, 5.74) is 7.40. The SMILES string of the molecule is CCn1cc(N)cc1C(=O)Nc1cc(OC)cc(OC)c1. The minimum Gasteiger partial charge on any atom is -0.497 e. The third kappa shape index (κ3) is 3.28. The fraction of sp³-hybridized carbons (Fsp3) is 0.267. The van der Waals surface area contributed by atoms with Crippen molar-refractivity contribution < 1.29 is 14.3 Å². The second-order valence-corrected chi connectivity index (χ2v) is 4.50. The van der Waals surface area contributed by atoms with Crippen LogP contribution in [0.25, 0.3) is 0 Å². The number of carbonyl (C=O) groups is 1. The molecule has 0 aliphatic rings. The van der Waals surface area contributed by atoms with Gasteiger partial charge in [-0.25, -0.2) is 0 Å². The van der Waals surface area contributed by atoms with E-state index in [1.165, 1.54) is 0 Å². The van der Waals surface area contributed by atoms with Crippen LogP contribution in [0.4, 0.5) is 11.4 Å². The second-order valence-electron chi connectivity index (χ2n) is 4.50. The number of aryl methyl sites for hydroxylation is 1. The Bertz CT molecular complexity index is 627. The highest BCUT2D eigenvalue weighted by Gasteiger charge is 2.13. The number of nitrogen functional groups attached to an aromatic ring is 1. The molecule has 0 spiro atoms. The van der Waals surface area contributed by atoms with Gasteiger partial charge in [-0.15, -0.1) is 0 Å². The molecule has 0 saturated carbocycles. The van der Waals surface area contributed by atoms with Crippen molar-refractivity contribution in [1.82, 2.24) is 4.57 Å². The van der Waals surface area contributed by atoms with Crippen LogP contribution in [0.3, 0.4) is 0 Å². The van der Waals surface area contributed by atoms with Crippen LogP contribution in [0.5, 0.6) is 11.5 Å². The van der Waals surface area contributed by atoms with Crippen LogP contribution in [-0.4, -0.2) is 24.7 Å². The van der Waals surface area contributed by atoms with Crippen LogP contribution in [-0.2, 0) is 6.54 Å². The zero-order valence-corrected chi connectivity index (χ0v) is 12.3. The Hall–Kier alpha value is -2.63. The molecule has 2 rings (SSSR count). The molecule has 1 amide bonds. The van der Waals surface area contributed by atoms with E-state index in [1.54, 1.807) is 49.2 Å². The van der Waals surface area contributed by atoms with Crippen molar-refractivity contribution in [2.24, 2.45) is 0 Å². The number of nitrogens with zero attached hydrogens (tertiary/aromatic N) is 1. The van der Waals surface area contributed by atoms with Gasteiger partial charge in [0.05, 0.1) is 19.9 Å². The zero-order chi connectivity index (χ0) is 15.4. The van der Waals surface area contributed by atoms with Crippen LogP contribution in [0.1, 0.15) is 17.4 Å². The van der Waals surface area contributed by atoms with Gasteiger partial charge in [0, 0.05) is 36.6 Å². The number of carbonyl (C=O) groups excluding carboxylic acids is 1. The molecule has 0 saturated heterocycles. The molecule has 3 N–H and O–H groups in total. The van der Waals surface area contributed by atoms with E-state index in [-0.39, 0.29) is 5.91 Å². The molecule has 112 valence electrons. The Morgan fingerprint density at radius 2 is 1.81 bits per heavy atom. The van der Waals surface area contributed by atoms with E-state index in [4.69, 9.17) is 15.2 Å². The molecule has 1 aromatic heterocycles. The highest BCUT2D eigenvalue weighted by molar-refractivity contribution is 6.04. The monoisotopic (exact) mass is 289 g/mol. The number of nitrogens with two attached hydrogens (primary N) is 1. The first-order valence-corrected chi connectivity index (χ1v) is 6.57. The Labute approximate surface area is 123 Å². The van der Waals surface area contributed by atoms with Gasteiger partial charge in [0.25, 0.3) is 5.91 Å². The number of hydrogen-bond donors (Lipinski definition) is 2. The number of rotatable bonds is 5. The predicted molar refractivity (Wildman–Crippen MR) is 82.0 cm³/mol. The number of aromatic nitrogens is 1. The van der Waals surface area contributed by atoms with Crippen molar-refractivity contribution in [3.63, 3.8) is 0 Å². The van der Waals surface area contributed by atoms with Gasteiger partial charge in [0.1, 0.15) is 17.2 Å². The minimum atomic E-state index is -0.233. The maximum absolute atomic E-state index is 12.3. The molecule has 6 heteroatoms. The van der Waals surface area contributed by atoms with Crippen molar-refractivity contribution in [2.45, 2.75) is 13.5 Å². The Morgan fingerprint density at radius 1 is 1.19 bits per heavy atom. The molecular formula is C15H19N3O3. The van der Waals surface area contributed by atoms with Gasteiger partial charge in [-0.1, -0.05) is 0 Å². The molecule has 0 aliphatic heterocycles. The molecule has 0 fully saturated rings. The number of amides is 1. The summed E-state index contributed by atoms with van der Waals surface area (Å²) in [5, 5.41) is 2.82. The molecule has 1 heterocycles. The van der Waals surface area contributed by atoms with Gasteiger partial charge < -0.3 is 25.1 Å². The maximum Gasteiger partial charge on any atom is 0.272 e. The molecule has 2 aromatic rings. The standard InChI is InChI=1S/C15H19N3O3/c1-4-18-9-10(16)5-14(18)15(19)17-11-6-12(20-2)8-13(7-11)21-3/h5-9H,4,16H2,1-3H3,(H,17,19). The average Bonchev–Trinajstić information content (AvgIpc) is 2.87. The lowest BCUT2D eigenvalue weighted by molar-refractivity contribution is 0.101. The number of anilines is 2. The van der Waals surface area contributed by atoms with E-state index in [1.807, 2.05) is 6.92 Å². The molecular weight excluding hydrogens is 270 g/mol. The lowest BCUT2D eigenvalue weighted by Gasteiger charge is -2.11. The third-order valence-electron chi connectivity index (χ3n) is 3.10. The summed E-state index contributed by atoms with van der Waals surface area (Å²) < 4.78 is 12.1. The Kier molecular flexibility index (Phi) is 4.37. The van der Waals surface area contributed by atoms with E-state index < -0.39 is 0 Å². The molecule has 1 aromatic carbocycles. The van der Waals surface area contributed by atoms with Gasteiger partial charge in [0.2, 0.25) is 0 Å². The molecule has 0 aliphatic carbocycles. The van der Waals surface area contributed by atoms with E-state index in [9.17, 15) is 4.79 Å². The summed E-state index contributed by atoms with van der Waals surface area (Å²) in [7, 11) is 3.12. The smallest absolute Gasteiger partial charge is 0.272 e. The van der Waals surface area contributed by atoms with Crippen LogP contribution in [0.2, 0.25) is 0 Å². The first-order chi connectivity index (χ1) is 10.1. The van der Waals surface area contributed by atoms with E-state index in [0.717, 1.165) is 0 Å². The number of methoxy groups -OCH3 is 2. The van der Waals surface area contributed by atoms with E-state index >= 15 is 0 Å². The normalized spacial score (nSPS) is 10.2. The number of nitrogens with one attached hydrogen (secondary N) is 1. The summed E-state index contributed by atoms with van der Waals surface area (Å²) in [6.45, 7) is 2.62. The maximum atomic E-state index is 12.3. The number of hydrogen-bond acceptors (Lipinski definition) is 4. The van der Waals surface area contributed by atoms with E-state index in [2.05, 4.69) is 5.32 Å². The van der Waals surface area contributed by atoms with Crippen LogP contribution < -0.4 is 20.5 Å². The largest absolute Gasteiger partial charge is 0.497 e. The fourth-order valence-electron chi connectivity index (χ4n) is 2.06. The summed E-state index contributed by atoms with van der Waals surface area (Å²) in [6, 6.07) is 6.84. The summed E-state index contributed by atoms with van der Waals surface area (Å²) in [6.07, 6.45) is 1.74. The molecule has 6 nitrogen and oxygen atoms in total. The summed E-state index contributed by atoms with van der Waals surface area (Å²) in [4.78, 5) is 12.3. The highest BCUT2D eigenvalue weighted by atomic mass is 16.5. The summed E-state index contributed by atoms with van der Waals surface area (Å²) in [5.74, 6) is 0.980. The van der Waals surface area contributed by atoms with Gasteiger partial charge >= 0.3 is 0 Å². The van der Waals surface area contributed by atoms with Crippen LogP contribution >= 0.6 is 0 Å². The minimum absolute atomic E-state index is 0.233. The summed E-state index contributed by atoms with van der Waals surface area (Å²) >= 11 is 0. The second kappa shape index (κ2) is 6.21. The predicted octanol–water partition coefficient (Wildman–Crippen LogP) is 2.36. The Morgan fingerprint density at radius 3 is 2.33 bits per heavy atom. The first kappa shape index (κ1) is 14.8. The molecule has 0 bridgehead atoms. The topological polar surface area (TPSA) is 78.5 Å². The van der Waals surface area contributed by atoms with Crippen LogP contribution in [0.15, 0.2) is 30.5 Å². The first-order valence-electron chi connectivity index (χ1n) is 6.57. The van der Waals surface area contributed by atoms with Gasteiger partial charge in [-0.05, 0) is 13.0 Å². The van der Waals surface area contributed by atoms with Crippen molar-refractivity contribution in [2.75, 3.05) is 25.3 Å². The average molecular weight is 289 g/mol. The molecule has 0 radical (unpaired) electrons.